The molecule has 1 unspecified atom stereocenters. The molecule has 0 N–H and O–H groups in total. The van der Waals surface area contributed by atoms with Crippen LogP contribution in [0.15, 0.2) is 48.0 Å². The minimum Gasteiger partial charge on any atom is -0.493 e. The highest BCUT2D eigenvalue weighted by atomic mass is 16.6. The van der Waals surface area contributed by atoms with Crippen LogP contribution in [0.5, 0.6) is 11.5 Å². The normalized spacial score (nSPS) is 13.8. The molecule has 1 aliphatic rings. The van der Waals surface area contributed by atoms with Crippen molar-refractivity contribution in [3.8, 4) is 17.6 Å². The monoisotopic (exact) mass is 434 g/mol. The van der Waals surface area contributed by atoms with Gasteiger partial charge in [-0.25, -0.2) is 9.59 Å². The van der Waals surface area contributed by atoms with Crippen molar-refractivity contribution in [2.75, 3.05) is 14.2 Å². The smallest absolute Gasteiger partial charge is 0.348 e. The first kappa shape index (κ1) is 22.2. The molecule has 32 heavy (non-hydrogen) atoms. The number of benzene rings is 2. The summed E-state index contributed by atoms with van der Waals surface area (Å²) in [7, 11) is 2.51. The molecular formula is C23H18N2O7. The van der Waals surface area contributed by atoms with Crippen molar-refractivity contribution in [3.63, 3.8) is 0 Å². The molecule has 1 aliphatic heterocycles. The van der Waals surface area contributed by atoms with Gasteiger partial charge in [0.25, 0.3) is 11.8 Å². The van der Waals surface area contributed by atoms with E-state index < -0.39 is 29.8 Å². The Morgan fingerprint density at radius 1 is 1.03 bits per heavy atom. The number of esters is 2. The predicted octanol–water partition coefficient (Wildman–Crippen LogP) is 2.37. The summed E-state index contributed by atoms with van der Waals surface area (Å²) in [6.45, 7) is 1.39. The van der Waals surface area contributed by atoms with Crippen molar-refractivity contribution in [1.29, 1.82) is 5.26 Å². The van der Waals surface area contributed by atoms with Crippen LogP contribution in [-0.4, -0.2) is 48.9 Å². The summed E-state index contributed by atoms with van der Waals surface area (Å²) in [6.07, 6.45) is 1.29. The molecule has 0 saturated heterocycles. The maximum Gasteiger partial charge on any atom is 0.348 e. The summed E-state index contributed by atoms with van der Waals surface area (Å²) in [5, 5.41) is 9.08. The number of nitriles is 1. The molecule has 0 aromatic heterocycles. The topological polar surface area (TPSA) is 123 Å². The van der Waals surface area contributed by atoms with Gasteiger partial charge in [0.2, 0.25) is 0 Å². The second-order valence-electron chi connectivity index (χ2n) is 6.69. The third kappa shape index (κ3) is 4.06. The number of nitrogens with zero attached hydrogens (tertiary/aromatic N) is 2. The van der Waals surface area contributed by atoms with E-state index in [-0.39, 0.29) is 28.2 Å². The van der Waals surface area contributed by atoms with Crippen LogP contribution >= 0.6 is 0 Å². The Hall–Kier alpha value is -4.45. The van der Waals surface area contributed by atoms with Gasteiger partial charge in [0.1, 0.15) is 17.7 Å². The molecule has 0 spiro atoms. The maximum absolute atomic E-state index is 12.7. The van der Waals surface area contributed by atoms with Gasteiger partial charge in [-0.15, -0.1) is 0 Å². The Balaban J connectivity index is 1.81. The Morgan fingerprint density at radius 3 is 2.19 bits per heavy atom. The van der Waals surface area contributed by atoms with Crippen molar-refractivity contribution >= 4 is 29.8 Å². The van der Waals surface area contributed by atoms with Crippen LogP contribution < -0.4 is 9.47 Å². The van der Waals surface area contributed by atoms with Gasteiger partial charge in [-0.1, -0.05) is 18.2 Å². The first-order valence-electron chi connectivity index (χ1n) is 9.39. The molecule has 0 fully saturated rings. The number of hydrogen-bond donors (Lipinski definition) is 0. The number of ether oxygens (including phenoxy) is 3. The first-order valence-corrected chi connectivity index (χ1v) is 9.39. The van der Waals surface area contributed by atoms with E-state index in [1.807, 2.05) is 0 Å². The molecule has 0 aliphatic carbocycles. The second-order valence-corrected chi connectivity index (χ2v) is 6.69. The Bertz CT molecular complexity index is 1160. The van der Waals surface area contributed by atoms with Crippen LogP contribution in [0.25, 0.3) is 6.08 Å². The summed E-state index contributed by atoms with van der Waals surface area (Å²) in [5.41, 5.74) is 0.657. The highest BCUT2D eigenvalue weighted by Gasteiger charge is 2.41. The highest BCUT2D eigenvalue weighted by Crippen LogP contribution is 2.31. The Morgan fingerprint density at radius 2 is 1.66 bits per heavy atom. The molecule has 162 valence electrons. The number of carbonyl (C=O) groups excluding carboxylic acids is 4. The van der Waals surface area contributed by atoms with Crippen molar-refractivity contribution < 1.29 is 33.4 Å². The molecule has 0 saturated carbocycles. The molecule has 2 aromatic rings. The average molecular weight is 434 g/mol. The van der Waals surface area contributed by atoms with Gasteiger partial charge in [0, 0.05) is 0 Å². The number of imide groups is 1. The molecule has 3 rings (SSSR count). The number of rotatable bonds is 6. The lowest BCUT2D eigenvalue weighted by molar-refractivity contribution is -0.138. The number of methoxy groups -OCH3 is 2. The molecular weight excluding hydrogens is 416 g/mol. The van der Waals surface area contributed by atoms with Crippen LogP contribution in [0, 0.1) is 11.3 Å². The van der Waals surface area contributed by atoms with E-state index in [2.05, 4.69) is 4.74 Å². The van der Waals surface area contributed by atoms with E-state index in [1.165, 1.54) is 50.4 Å². The van der Waals surface area contributed by atoms with Crippen LogP contribution in [-0.2, 0) is 14.3 Å². The van der Waals surface area contributed by atoms with Gasteiger partial charge < -0.3 is 14.2 Å². The molecule has 0 radical (unpaired) electrons. The molecule has 9 nitrogen and oxygen atoms in total. The first-order chi connectivity index (χ1) is 15.3. The zero-order valence-corrected chi connectivity index (χ0v) is 17.4. The largest absolute Gasteiger partial charge is 0.493 e. The number of carbonyl (C=O) groups is 4. The van der Waals surface area contributed by atoms with Crippen LogP contribution in [0.1, 0.15) is 33.2 Å². The second kappa shape index (κ2) is 9.14. The minimum absolute atomic E-state index is 0.0367. The highest BCUT2D eigenvalue weighted by molar-refractivity contribution is 6.22. The van der Waals surface area contributed by atoms with E-state index >= 15 is 0 Å². The Labute approximate surface area is 183 Å². The van der Waals surface area contributed by atoms with Gasteiger partial charge in [-0.3, -0.25) is 14.5 Å². The van der Waals surface area contributed by atoms with Gasteiger partial charge in [0.15, 0.2) is 11.5 Å². The lowest BCUT2D eigenvalue weighted by atomic mass is 10.1. The molecule has 9 heteroatoms. The lowest BCUT2D eigenvalue weighted by Crippen LogP contribution is -2.44. The quantitative estimate of drug-likeness (QED) is 0.223. The number of fused-ring (bicyclic) bond motifs is 1. The van der Waals surface area contributed by atoms with Gasteiger partial charge in [0.05, 0.1) is 25.3 Å². The van der Waals surface area contributed by atoms with Crippen molar-refractivity contribution in [2.45, 2.75) is 13.0 Å². The maximum atomic E-state index is 12.7. The summed E-state index contributed by atoms with van der Waals surface area (Å²) in [6, 6.07) is 11.2. The zero-order chi connectivity index (χ0) is 23.4. The Kier molecular flexibility index (Phi) is 6.35. The van der Waals surface area contributed by atoms with Crippen molar-refractivity contribution in [1.82, 2.24) is 4.90 Å². The molecule has 1 heterocycles. The fourth-order valence-electron chi connectivity index (χ4n) is 3.13. The van der Waals surface area contributed by atoms with Gasteiger partial charge >= 0.3 is 11.9 Å². The van der Waals surface area contributed by atoms with Crippen LogP contribution in [0.3, 0.4) is 0 Å². The molecule has 1 atom stereocenters. The standard InChI is InChI=1S/C23H18N2O7/c1-13(25-20(26)16-6-4-5-7-17(16)21(25)27)22(28)32-18-9-8-14(11-19(18)30-2)10-15(12-24)23(29)31-3/h4-11,13H,1-3H3/b15-10+. The predicted molar refractivity (Wildman–Crippen MR) is 111 cm³/mol. The van der Waals surface area contributed by atoms with Gasteiger partial charge in [-0.2, -0.15) is 5.26 Å². The number of amides is 2. The summed E-state index contributed by atoms with van der Waals surface area (Å²) < 4.78 is 15.1. The van der Waals surface area contributed by atoms with E-state index in [9.17, 15) is 19.2 Å². The fraction of sp³-hybridized carbons (Fsp3) is 0.174. The zero-order valence-electron chi connectivity index (χ0n) is 17.4. The van der Waals surface area contributed by atoms with E-state index in [1.54, 1.807) is 18.2 Å². The van der Waals surface area contributed by atoms with Crippen molar-refractivity contribution in [3.05, 3.63) is 64.7 Å². The molecule has 2 aromatic carbocycles. The van der Waals surface area contributed by atoms with Crippen LogP contribution in [0.2, 0.25) is 0 Å². The third-order valence-electron chi connectivity index (χ3n) is 4.79. The fourth-order valence-corrected chi connectivity index (χ4v) is 3.13. The summed E-state index contributed by atoms with van der Waals surface area (Å²) in [4.78, 5) is 50.3. The summed E-state index contributed by atoms with van der Waals surface area (Å²) >= 11 is 0. The molecule has 2 amide bonds. The minimum atomic E-state index is -1.18. The lowest BCUT2D eigenvalue weighted by Gasteiger charge is -2.21. The van der Waals surface area contributed by atoms with Crippen molar-refractivity contribution in [2.24, 2.45) is 0 Å². The number of hydrogen-bond acceptors (Lipinski definition) is 8. The third-order valence-corrected chi connectivity index (χ3v) is 4.79. The molecule has 0 bridgehead atoms. The SMILES string of the molecule is COC(=O)/C(C#N)=C/c1ccc(OC(=O)C(C)N2C(=O)c3ccccc3C2=O)c(OC)c1. The van der Waals surface area contributed by atoms with Crippen LogP contribution in [0.4, 0.5) is 0 Å². The van der Waals surface area contributed by atoms with E-state index in [0.717, 1.165) is 12.0 Å². The average Bonchev–Trinajstić information content (AvgIpc) is 3.07. The van der Waals surface area contributed by atoms with E-state index in [0.29, 0.717) is 5.56 Å². The van der Waals surface area contributed by atoms with E-state index in [4.69, 9.17) is 14.7 Å². The van der Waals surface area contributed by atoms with Gasteiger partial charge in [-0.05, 0) is 42.8 Å². The summed E-state index contributed by atoms with van der Waals surface area (Å²) in [5.74, 6) is -2.60.